The van der Waals surface area contributed by atoms with Crippen molar-refractivity contribution < 1.29 is 14.6 Å². The summed E-state index contributed by atoms with van der Waals surface area (Å²) in [6, 6.07) is 6.25. The molecular weight excluding hydrogens is 322 g/mol. The zero-order valence-corrected chi connectivity index (χ0v) is 14.0. The number of carboxylic acids is 1. The lowest BCUT2D eigenvalue weighted by Gasteiger charge is -2.20. The van der Waals surface area contributed by atoms with Gasteiger partial charge in [0.25, 0.3) is 0 Å². The third-order valence-corrected chi connectivity index (χ3v) is 3.50. The molecule has 0 aliphatic heterocycles. The molecule has 2 N–H and O–H groups in total. The molecule has 0 heterocycles. The molecule has 0 bridgehead atoms. The summed E-state index contributed by atoms with van der Waals surface area (Å²) < 4.78 is 6.43. The SMILES string of the molecule is CC(C)NCc1ccc(OCC(C)(C)C(=O)O)c(Br)c1. The maximum absolute atomic E-state index is 11.0. The number of hydrogen-bond acceptors (Lipinski definition) is 3. The van der Waals surface area contributed by atoms with E-state index in [-0.39, 0.29) is 6.61 Å². The van der Waals surface area contributed by atoms with Crippen molar-refractivity contribution in [1.82, 2.24) is 5.32 Å². The fourth-order valence-corrected chi connectivity index (χ4v) is 1.95. The molecule has 0 aliphatic carbocycles. The summed E-state index contributed by atoms with van der Waals surface area (Å²) in [7, 11) is 0. The topological polar surface area (TPSA) is 58.6 Å². The van der Waals surface area contributed by atoms with Crippen molar-refractivity contribution in [2.75, 3.05) is 6.61 Å². The Morgan fingerprint density at radius 1 is 1.45 bits per heavy atom. The number of rotatable bonds is 7. The Labute approximate surface area is 128 Å². The first-order valence-electron chi connectivity index (χ1n) is 6.60. The Bertz CT molecular complexity index is 472. The normalized spacial score (nSPS) is 11.7. The van der Waals surface area contributed by atoms with E-state index in [9.17, 15) is 4.79 Å². The van der Waals surface area contributed by atoms with Crippen LogP contribution in [0.3, 0.4) is 0 Å². The van der Waals surface area contributed by atoms with E-state index in [0.29, 0.717) is 11.8 Å². The number of aliphatic carboxylic acids is 1. The van der Waals surface area contributed by atoms with Crippen LogP contribution < -0.4 is 10.1 Å². The summed E-state index contributed by atoms with van der Waals surface area (Å²) in [5.41, 5.74) is 0.243. The van der Waals surface area contributed by atoms with Gasteiger partial charge in [0.2, 0.25) is 0 Å². The molecule has 0 aromatic heterocycles. The maximum atomic E-state index is 11.0. The lowest BCUT2D eigenvalue weighted by Crippen LogP contribution is -2.30. The maximum Gasteiger partial charge on any atom is 0.312 e. The molecule has 20 heavy (non-hydrogen) atoms. The summed E-state index contributed by atoms with van der Waals surface area (Å²) in [6.45, 7) is 8.40. The third kappa shape index (κ3) is 5.13. The number of hydrogen-bond donors (Lipinski definition) is 2. The average molecular weight is 344 g/mol. The van der Waals surface area contributed by atoms with Gasteiger partial charge in [-0.2, -0.15) is 0 Å². The monoisotopic (exact) mass is 343 g/mol. The fraction of sp³-hybridized carbons (Fsp3) is 0.533. The molecule has 0 aliphatic rings. The van der Waals surface area contributed by atoms with Crippen LogP contribution in [0.1, 0.15) is 33.3 Å². The molecule has 1 aromatic carbocycles. The minimum atomic E-state index is -0.905. The van der Waals surface area contributed by atoms with Gasteiger partial charge in [-0.05, 0) is 47.5 Å². The van der Waals surface area contributed by atoms with Crippen LogP contribution in [0.25, 0.3) is 0 Å². The minimum Gasteiger partial charge on any atom is -0.491 e. The highest BCUT2D eigenvalue weighted by molar-refractivity contribution is 9.10. The molecule has 0 unspecified atom stereocenters. The molecule has 5 heteroatoms. The molecule has 112 valence electrons. The highest BCUT2D eigenvalue weighted by Crippen LogP contribution is 2.28. The molecule has 4 nitrogen and oxygen atoms in total. The number of nitrogens with one attached hydrogen (secondary N) is 1. The van der Waals surface area contributed by atoms with Crippen LogP contribution in [0.2, 0.25) is 0 Å². The van der Waals surface area contributed by atoms with Crippen LogP contribution in [0.15, 0.2) is 22.7 Å². The van der Waals surface area contributed by atoms with Crippen LogP contribution in [0, 0.1) is 5.41 Å². The molecule has 0 amide bonds. The van der Waals surface area contributed by atoms with Gasteiger partial charge in [-0.15, -0.1) is 0 Å². The standard InChI is InChI=1S/C15H22BrNO3/c1-10(2)17-8-11-5-6-13(12(16)7-11)20-9-15(3,4)14(18)19/h5-7,10,17H,8-9H2,1-4H3,(H,18,19). The third-order valence-electron chi connectivity index (χ3n) is 2.88. The van der Waals surface area contributed by atoms with Crippen molar-refractivity contribution in [3.05, 3.63) is 28.2 Å². The Hall–Kier alpha value is -1.07. The van der Waals surface area contributed by atoms with Crippen molar-refractivity contribution in [2.24, 2.45) is 5.41 Å². The molecular formula is C15H22BrNO3. The quantitative estimate of drug-likeness (QED) is 0.796. The van der Waals surface area contributed by atoms with E-state index in [1.807, 2.05) is 18.2 Å². The van der Waals surface area contributed by atoms with Gasteiger partial charge in [0, 0.05) is 12.6 Å². The predicted octanol–water partition coefficient (Wildman–Crippen LogP) is 3.44. The smallest absolute Gasteiger partial charge is 0.312 e. The predicted molar refractivity (Wildman–Crippen MR) is 83.0 cm³/mol. The van der Waals surface area contributed by atoms with Crippen molar-refractivity contribution in [3.63, 3.8) is 0 Å². The van der Waals surface area contributed by atoms with Crippen molar-refractivity contribution in [3.8, 4) is 5.75 Å². The first kappa shape index (κ1) is 17.0. The van der Waals surface area contributed by atoms with Crippen LogP contribution in [0.5, 0.6) is 5.75 Å². The Kier molecular flexibility index (Phi) is 6.02. The lowest BCUT2D eigenvalue weighted by molar-refractivity contribution is -0.148. The van der Waals surface area contributed by atoms with Gasteiger partial charge < -0.3 is 15.2 Å². The lowest BCUT2D eigenvalue weighted by atomic mass is 9.95. The first-order chi connectivity index (χ1) is 9.22. The van der Waals surface area contributed by atoms with Crippen LogP contribution in [-0.4, -0.2) is 23.7 Å². The van der Waals surface area contributed by atoms with Crippen LogP contribution in [-0.2, 0) is 11.3 Å². The van der Waals surface area contributed by atoms with Gasteiger partial charge in [-0.25, -0.2) is 0 Å². The molecule has 0 spiro atoms. The van der Waals surface area contributed by atoms with Gasteiger partial charge in [0.15, 0.2) is 0 Å². The van der Waals surface area contributed by atoms with E-state index < -0.39 is 11.4 Å². The summed E-state index contributed by atoms with van der Waals surface area (Å²) in [6.07, 6.45) is 0. The van der Waals surface area contributed by atoms with E-state index in [2.05, 4.69) is 35.1 Å². The van der Waals surface area contributed by atoms with E-state index in [4.69, 9.17) is 9.84 Å². The van der Waals surface area contributed by atoms with Crippen molar-refractivity contribution in [2.45, 2.75) is 40.3 Å². The van der Waals surface area contributed by atoms with Gasteiger partial charge >= 0.3 is 5.97 Å². The average Bonchev–Trinajstić information content (AvgIpc) is 2.35. The number of halogens is 1. The highest BCUT2D eigenvalue weighted by atomic mass is 79.9. The second-order valence-corrected chi connectivity index (χ2v) is 6.63. The molecule has 1 rings (SSSR count). The van der Waals surface area contributed by atoms with E-state index >= 15 is 0 Å². The zero-order valence-electron chi connectivity index (χ0n) is 12.4. The van der Waals surface area contributed by atoms with E-state index in [0.717, 1.165) is 16.6 Å². The Balaban J connectivity index is 2.67. The highest BCUT2D eigenvalue weighted by Gasteiger charge is 2.28. The van der Waals surface area contributed by atoms with Crippen LogP contribution >= 0.6 is 15.9 Å². The van der Waals surface area contributed by atoms with Gasteiger partial charge in [-0.3, -0.25) is 4.79 Å². The fourth-order valence-electron chi connectivity index (χ4n) is 1.41. The minimum absolute atomic E-state index is 0.129. The van der Waals surface area contributed by atoms with Gasteiger partial charge in [-0.1, -0.05) is 19.9 Å². The zero-order chi connectivity index (χ0) is 15.3. The first-order valence-corrected chi connectivity index (χ1v) is 7.39. The summed E-state index contributed by atoms with van der Waals surface area (Å²) in [5, 5.41) is 12.4. The summed E-state index contributed by atoms with van der Waals surface area (Å²) in [5.74, 6) is -0.209. The number of benzene rings is 1. The molecule has 0 fully saturated rings. The largest absolute Gasteiger partial charge is 0.491 e. The van der Waals surface area contributed by atoms with E-state index in [1.54, 1.807) is 13.8 Å². The molecule has 0 atom stereocenters. The Morgan fingerprint density at radius 2 is 2.10 bits per heavy atom. The van der Waals surface area contributed by atoms with Gasteiger partial charge in [0.1, 0.15) is 12.4 Å². The van der Waals surface area contributed by atoms with Gasteiger partial charge in [0.05, 0.1) is 9.89 Å². The second-order valence-electron chi connectivity index (χ2n) is 5.78. The molecule has 0 saturated heterocycles. The van der Waals surface area contributed by atoms with E-state index in [1.165, 1.54) is 0 Å². The molecule has 0 radical (unpaired) electrons. The summed E-state index contributed by atoms with van der Waals surface area (Å²) in [4.78, 5) is 11.0. The molecule has 0 saturated carbocycles. The summed E-state index contributed by atoms with van der Waals surface area (Å²) >= 11 is 3.46. The van der Waals surface area contributed by atoms with Crippen molar-refractivity contribution >= 4 is 21.9 Å². The number of carbonyl (C=O) groups is 1. The molecule has 1 aromatic rings. The van der Waals surface area contributed by atoms with Crippen molar-refractivity contribution in [1.29, 1.82) is 0 Å². The second kappa shape index (κ2) is 7.09. The number of carboxylic acid groups (broad SMARTS) is 1. The number of ether oxygens (including phenoxy) is 1. The Morgan fingerprint density at radius 3 is 2.60 bits per heavy atom. The van der Waals surface area contributed by atoms with Crippen LogP contribution in [0.4, 0.5) is 0 Å².